The molecule has 1 aromatic rings. The molecule has 0 aliphatic carbocycles. The third kappa shape index (κ3) is 6.23. The Hall–Kier alpha value is -0.800. The monoisotopic (exact) mass is 311 g/mol. The molecule has 0 spiro atoms. The van der Waals surface area contributed by atoms with Crippen molar-refractivity contribution >= 4 is 17.4 Å². The van der Waals surface area contributed by atoms with Gasteiger partial charge in [-0.2, -0.15) is 0 Å². The van der Waals surface area contributed by atoms with E-state index in [1.54, 1.807) is 6.20 Å². The molecule has 0 saturated heterocycles. The van der Waals surface area contributed by atoms with Crippen LogP contribution in [0.15, 0.2) is 12.3 Å². The zero-order chi connectivity index (χ0) is 16.0. The lowest BCUT2D eigenvalue weighted by Crippen LogP contribution is -2.25. The molecule has 0 aliphatic rings. The Balaban J connectivity index is 2.69. The Bertz CT molecular complexity index is 422. The van der Waals surface area contributed by atoms with Gasteiger partial charge in [-0.3, -0.25) is 0 Å². The number of aromatic nitrogens is 1. The molecule has 4 heteroatoms. The molecular formula is C17H30ClN3. The van der Waals surface area contributed by atoms with Crippen LogP contribution in [-0.4, -0.2) is 17.6 Å². The molecule has 0 aliphatic heterocycles. The quantitative estimate of drug-likeness (QED) is 0.738. The number of halogens is 1. The summed E-state index contributed by atoms with van der Waals surface area (Å²) in [5.41, 5.74) is 1.09. The number of nitrogens with one attached hydrogen (secondary N) is 2. The summed E-state index contributed by atoms with van der Waals surface area (Å²) in [6.45, 7) is 15.1. The molecular weight excluding hydrogens is 282 g/mol. The van der Waals surface area contributed by atoms with Crippen LogP contribution in [0.5, 0.6) is 0 Å². The molecule has 0 saturated carbocycles. The minimum absolute atomic E-state index is 0.442. The molecule has 0 amide bonds. The van der Waals surface area contributed by atoms with Gasteiger partial charge in [-0.15, -0.1) is 0 Å². The number of pyridine rings is 1. The molecule has 0 fully saturated rings. The first-order valence-corrected chi connectivity index (χ1v) is 8.30. The van der Waals surface area contributed by atoms with E-state index in [2.05, 4.69) is 63.2 Å². The van der Waals surface area contributed by atoms with Crippen LogP contribution >= 0.6 is 11.6 Å². The fraction of sp³-hybridized carbons (Fsp3) is 0.706. The minimum atomic E-state index is 0.442. The summed E-state index contributed by atoms with van der Waals surface area (Å²) in [6, 6.07) is 2.49. The van der Waals surface area contributed by atoms with Crippen molar-refractivity contribution in [2.45, 2.75) is 54.1 Å². The van der Waals surface area contributed by atoms with Crippen LogP contribution in [0.1, 0.15) is 47.1 Å². The summed E-state index contributed by atoms with van der Waals surface area (Å²) in [5.74, 6) is 2.87. The molecule has 0 unspecified atom stereocenters. The fourth-order valence-electron chi connectivity index (χ4n) is 2.49. The average Bonchev–Trinajstić information content (AvgIpc) is 2.38. The Kier molecular flexibility index (Phi) is 7.47. The SMILES string of the molecule is CC(C)NCc1cc(NCC(C(C)C)C(C)C)ncc1Cl. The highest BCUT2D eigenvalue weighted by atomic mass is 35.5. The summed E-state index contributed by atoms with van der Waals surface area (Å²) in [6.07, 6.45) is 1.74. The van der Waals surface area contributed by atoms with Crippen molar-refractivity contribution in [2.24, 2.45) is 17.8 Å². The molecule has 0 aromatic carbocycles. The average molecular weight is 312 g/mol. The van der Waals surface area contributed by atoms with Gasteiger partial charge in [0.05, 0.1) is 5.02 Å². The van der Waals surface area contributed by atoms with Crippen molar-refractivity contribution in [2.75, 3.05) is 11.9 Å². The maximum Gasteiger partial charge on any atom is 0.126 e. The van der Waals surface area contributed by atoms with Crippen LogP contribution < -0.4 is 10.6 Å². The van der Waals surface area contributed by atoms with Crippen LogP contribution in [0, 0.1) is 17.8 Å². The van der Waals surface area contributed by atoms with E-state index in [-0.39, 0.29) is 0 Å². The van der Waals surface area contributed by atoms with Crippen LogP contribution in [0.2, 0.25) is 5.02 Å². The Morgan fingerprint density at radius 1 is 1.10 bits per heavy atom. The summed E-state index contributed by atoms with van der Waals surface area (Å²) < 4.78 is 0. The van der Waals surface area contributed by atoms with Crippen LogP contribution in [0.4, 0.5) is 5.82 Å². The summed E-state index contributed by atoms with van der Waals surface area (Å²) in [5, 5.41) is 7.58. The van der Waals surface area contributed by atoms with Crippen molar-refractivity contribution in [1.82, 2.24) is 10.3 Å². The number of hydrogen-bond donors (Lipinski definition) is 2. The smallest absolute Gasteiger partial charge is 0.126 e. The second kappa shape index (κ2) is 8.60. The van der Waals surface area contributed by atoms with Gasteiger partial charge in [0.15, 0.2) is 0 Å². The van der Waals surface area contributed by atoms with E-state index in [1.807, 2.05) is 0 Å². The zero-order valence-electron chi connectivity index (χ0n) is 14.2. The third-order valence-corrected chi connectivity index (χ3v) is 4.21. The Morgan fingerprint density at radius 3 is 2.24 bits per heavy atom. The van der Waals surface area contributed by atoms with Gasteiger partial charge in [-0.1, -0.05) is 53.1 Å². The van der Waals surface area contributed by atoms with Crippen molar-refractivity contribution < 1.29 is 0 Å². The summed E-state index contributed by atoms with van der Waals surface area (Å²) >= 11 is 6.21. The zero-order valence-corrected chi connectivity index (χ0v) is 15.0. The van der Waals surface area contributed by atoms with Gasteiger partial charge in [0.1, 0.15) is 5.82 Å². The van der Waals surface area contributed by atoms with Crippen molar-refractivity contribution in [1.29, 1.82) is 0 Å². The minimum Gasteiger partial charge on any atom is -0.370 e. The normalized spacial score (nSPS) is 12.0. The van der Waals surface area contributed by atoms with Crippen LogP contribution in [0.25, 0.3) is 0 Å². The van der Waals surface area contributed by atoms with Gasteiger partial charge in [0.25, 0.3) is 0 Å². The molecule has 2 N–H and O–H groups in total. The molecule has 1 rings (SSSR count). The van der Waals surface area contributed by atoms with Crippen molar-refractivity contribution in [3.8, 4) is 0 Å². The fourth-order valence-corrected chi connectivity index (χ4v) is 2.66. The third-order valence-electron chi connectivity index (χ3n) is 3.87. The standard InChI is InChI=1S/C17H30ClN3/c1-11(2)15(12(3)4)9-20-17-7-14(8-19-13(5)6)16(18)10-21-17/h7,10-13,15,19H,8-9H2,1-6H3,(H,20,21). The highest BCUT2D eigenvalue weighted by Gasteiger charge is 2.17. The molecule has 0 radical (unpaired) electrons. The van der Waals surface area contributed by atoms with Gasteiger partial charge in [0, 0.05) is 25.3 Å². The molecule has 0 atom stereocenters. The number of rotatable bonds is 8. The van der Waals surface area contributed by atoms with E-state index < -0.39 is 0 Å². The Morgan fingerprint density at radius 2 is 1.71 bits per heavy atom. The van der Waals surface area contributed by atoms with E-state index in [0.717, 1.165) is 29.5 Å². The molecule has 3 nitrogen and oxygen atoms in total. The lowest BCUT2D eigenvalue weighted by molar-refractivity contribution is 0.304. The largest absolute Gasteiger partial charge is 0.370 e. The molecule has 0 bridgehead atoms. The molecule has 1 aromatic heterocycles. The lowest BCUT2D eigenvalue weighted by Gasteiger charge is -2.25. The predicted molar refractivity (Wildman–Crippen MR) is 92.9 cm³/mol. The summed E-state index contributed by atoms with van der Waals surface area (Å²) in [4.78, 5) is 4.39. The van der Waals surface area contributed by atoms with Gasteiger partial charge in [-0.05, 0) is 29.4 Å². The first-order chi connectivity index (χ1) is 9.81. The Labute approximate surface area is 134 Å². The van der Waals surface area contributed by atoms with Crippen molar-refractivity contribution in [3.05, 3.63) is 22.8 Å². The topological polar surface area (TPSA) is 37.0 Å². The maximum absolute atomic E-state index is 6.21. The van der Waals surface area contributed by atoms with E-state index >= 15 is 0 Å². The van der Waals surface area contributed by atoms with Crippen LogP contribution in [-0.2, 0) is 6.54 Å². The maximum atomic E-state index is 6.21. The van der Waals surface area contributed by atoms with Crippen LogP contribution in [0.3, 0.4) is 0 Å². The van der Waals surface area contributed by atoms with Gasteiger partial charge < -0.3 is 10.6 Å². The second-order valence-corrected chi connectivity index (χ2v) is 7.14. The predicted octanol–water partition coefficient (Wildman–Crippen LogP) is 4.57. The molecule has 1 heterocycles. The highest BCUT2D eigenvalue weighted by molar-refractivity contribution is 6.31. The van der Waals surface area contributed by atoms with E-state index in [9.17, 15) is 0 Å². The first kappa shape index (κ1) is 18.2. The lowest BCUT2D eigenvalue weighted by atomic mass is 9.85. The highest BCUT2D eigenvalue weighted by Crippen LogP contribution is 2.22. The van der Waals surface area contributed by atoms with E-state index in [1.165, 1.54) is 0 Å². The number of anilines is 1. The molecule has 21 heavy (non-hydrogen) atoms. The second-order valence-electron chi connectivity index (χ2n) is 6.73. The summed E-state index contributed by atoms with van der Waals surface area (Å²) in [7, 11) is 0. The van der Waals surface area contributed by atoms with Crippen molar-refractivity contribution in [3.63, 3.8) is 0 Å². The molecule has 120 valence electrons. The number of nitrogens with zero attached hydrogens (tertiary/aromatic N) is 1. The number of hydrogen-bond acceptors (Lipinski definition) is 3. The van der Waals surface area contributed by atoms with Gasteiger partial charge >= 0.3 is 0 Å². The first-order valence-electron chi connectivity index (χ1n) is 7.93. The van der Waals surface area contributed by atoms with E-state index in [4.69, 9.17) is 11.6 Å². The van der Waals surface area contributed by atoms with Gasteiger partial charge in [-0.25, -0.2) is 4.98 Å². The van der Waals surface area contributed by atoms with Gasteiger partial charge in [0.2, 0.25) is 0 Å². The van der Waals surface area contributed by atoms with E-state index in [0.29, 0.717) is 23.8 Å².